The van der Waals surface area contributed by atoms with Gasteiger partial charge >= 0.3 is 6.09 Å². The van der Waals surface area contributed by atoms with Crippen molar-refractivity contribution < 1.29 is 19.1 Å². The molecule has 52 heavy (non-hydrogen) atoms. The second kappa shape index (κ2) is 13.8. The van der Waals surface area contributed by atoms with Gasteiger partial charge in [-0.25, -0.2) is 9.78 Å². The van der Waals surface area contributed by atoms with Gasteiger partial charge in [-0.3, -0.25) is 14.4 Å². The molecule has 3 aromatic rings. The molecule has 2 aromatic heterocycles. The largest absolute Gasteiger partial charge is 0.496 e. The summed E-state index contributed by atoms with van der Waals surface area (Å²) in [6.45, 7) is 15.2. The molecule has 1 saturated heterocycles. The summed E-state index contributed by atoms with van der Waals surface area (Å²) in [5.41, 5.74) is 5.00. The van der Waals surface area contributed by atoms with Gasteiger partial charge in [-0.15, -0.1) is 0 Å². The second-order valence-electron chi connectivity index (χ2n) is 18.0. The third kappa shape index (κ3) is 7.08. The molecule has 4 saturated carbocycles. The lowest BCUT2D eigenvalue weighted by Crippen LogP contribution is -2.56. The molecule has 9 heteroatoms. The zero-order chi connectivity index (χ0) is 36.9. The van der Waals surface area contributed by atoms with Crippen molar-refractivity contribution in [1.29, 1.82) is 0 Å². The van der Waals surface area contributed by atoms with Gasteiger partial charge in [0, 0.05) is 48.9 Å². The number of hydrogen-bond acceptors (Lipinski definition) is 6. The maximum absolute atomic E-state index is 14.8. The van der Waals surface area contributed by atoms with Crippen LogP contribution in [0.5, 0.6) is 5.75 Å². The molecule has 0 unspecified atom stereocenters. The summed E-state index contributed by atoms with van der Waals surface area (Å²) in [6, 6.07) is 10.9. The van der Waals surface area contributed by atoms with E-state index in [2.05, 4.69) is 72.0 Å². The van der Waals surface area contributed by atoms with Gasteiger partial charge in [0.2, 0.25) is 5.91 Å². The minimum absolute atomic E-state index is 0.0599. The fourth-order valence-electron chi connectivity index (χ4n) is 9.44. The summed E-state index contributed by atoms with van der Waals surface area (Å²) in [7, 11) is 1.74. The number of benzene rings is 1. The van der Waals surface area contributed by atoms with Crippen molar-refractivity contribution in [3.05, 3.63) is 60.0 Å². The zero-order valence-corrected chi connectivity index (χ0v) is 32.5. The van der Waals surface area contributed by atoms with E-state index in [0.717, 1.165) is 80.7 Å². The molecule has 5 fully saturated rings. The van der Waals surface area contributed by atoms with Crippen molar-refractivity contribution in [1.82, 2.24) is 19.7 Å². The molecular weight excluding hydrogens is 651 g/mol. The lowest BCUT2D eigenvalue weighted by atomic mass is 9.51. The molecule has 0 spiro atoms. The first-order valence-electron chi connectivity index (χ1n) is 19.7. The number of carbonyl (C=O) groups excluding carboxylic acids is 2. The Morgan fingerprint density at radius 1 is 0.962 bits per heavy atom. The predicted octanol–water partition coefficient (Wildman–Crippen LogP) is 9.07. The Kier molecular flexibility index (Phi) is 9.70. The van der Waals surface area contributed by atoms with Crippen LogP contribution < -0.4 is 9.64 Å². The maximum atomic E-state index is 14.8. The molecule has 8 rings (SSSR count). The fraction of sp³-hybridized carbons (Fsp3) is 0.628. The van der Waals surface area contributed by atoms with Gasteiger partial charge < -0.3 is 14.4 Å². The van der Waals surface area contributed by atoms with Gasteiger partial charge in [0.15, 0.2) is 0 Å². The molecule has 2 amide bonds. The van der Waals surface area contributed by atoms with Crippen LogP contribution in [0, 0.1) is 23.7 Å². The molecule has 3 heterocycles. The number of nitrogens with zero attached hydrogens (tertiary/aromatic N) is 5. The lowest BCUT2D eigenvalue weighted by Gasteiger charge is -2.55. The first-order chi connectivity index (χ1) is 24.7. The third-order valence-electron chi connectivity index (χ3n) is 13.4. The number of anilines is 1. The van der Waals surface area contributed by atoms with Crippen molar-refractivity contribution >= 4 is 17.8 Å². The standard InChI is InChI=1S/C43H59N5O4/c1-8-41(5,6)48-26-33(25-45-48)32-15-22-44-37(24-32)47(38(49)31-9-12-35(13-10-31)52-39(50)46-27-40(3,4)28-46)29-42-16-19-43(20-17-42,21-18-42)34-11-14-36(51-7)30(2)23-34/h11,14-15,22-26,31,35H,8-10,12-13,16-21,27-29H2,1-7H3. The molecule has 1 aliphatic heterocycles. The quantitative estimate of drug-likeness (QED) is 0.209. The highest BCUT2D eigenvalue weighted by atomic mass is 16.6. The van der Waals surface area contributed by atoms with Crippen molar-refractivity contribution in [3.8, 4) is 16.9 Å². The zero-order valence-electron chi connectivity index (χ0n) is 32.5. The Hall–Kier alpha value is -3.88. The molecular formula is C43H59N5O4. The minimum atomic E-state index is -0.211. The topological polar surface area (TPSA) is 89.8 Å². The van der Waals surface area contributed by atoms with E-state index in [4.69, 9.17) is 19.6 Å². The normalized spacial score (nSPS) is 26.8. The molecule has 5 aliphatic rings. The highest BCUT2D eigenvalue weighted by Gasteiger charge is 2.51. The van der Waals surface area contributed by atoms with Gasteiger partial charge in [0.1, 0.15) is 17.7 Å². The van der Waals surface area contributed by atoms with E-state index in [9.17, 15) is 9.59 Å². The van der Waals surface area contributed by atoms with E-state index in [1.807, 2.05) is 28.0 Å². The van der Waals surface area contributed by atoms with E-state index >= 15 is 0 Å². The van der Waals surface area contributed by atoms with Gasteiger partial charge in [-0.05, 0) is 137 Å². The van der Waals surface area contributed by atoms with Crippen LogP contribution in [0.15, 0.2) is 48.9 Å². The van der Waals surface area contributed by atoms with Gasteiger partial charge in [-0.1, -0.05) is 32.9 Å². The van der Waals surface area contributed by atoms with Crippen LogP contribution in [-0.4, -0.2) is 64.5 Å². The van der Waals surface area contributed by atoms with Crippen LogP contribution in [0.1, 0.15) is 116 Å². The summed E-state index contributed by atoms with van der Waals surface area (Å²) in [4.78, 5) is 36.2. The lowest BCUT2D eigenvalue weighted by molar-refractivity contribution is -0.124. The van der Waals surface area contributed by atoms with Gasteiger partial charge in [-0.2, -0.15) is 5.10 Å². The molecule has 0 N–H and O–H groups in total. The summed E-state index contributed by atoms with van der Waals surface area (Å²) < 4.78 is 13.5. The number of methoxy groups -OCH3 is 1. The number of amides is 2. The minimum Gasteiger partial charge on any atom is -0.496 e. The van der Waals surface area contributed by atoms with E-state index < -0.39 is 0 Å². The first-order valence-corrected chi connectivity index (χ1v) is 19.7. The van der Waals surface area contributed by atoms with Gasteiger partial charge in [0.05, 0.1) is 18.8 Å². The van der Waals surface area contributed by atoms with Crippen molar-refractivity contribution in [2.75, 3.05) is 31.6 Å². The highest BCUT2D eigenvalue weighted by molar-refractivity contribution is 5.95. The molecule has 280 valence electrons. The number of fused-ring (bicyclic) bond motifs is 3. The summed E-state index contributed by atoms with van der Waals surface area (Å²) in [5, 5.41) is 4.71. The number of aromatic nitrogens is 3. The van der Waals surface area contributed by atoms with E-state index in [0.29, 0.717) is 32.2 Å². The molecule has 1 aromatic carbocycles. The molecule has 9 nitrogen and oxygen atoms in total. The number of pyridine rings is 1. The summed E-state index contributed by atoms with van der Waals surface area (Å²) in [6.07, 6.45) is 16.0. The third-order valence-corrected chi connectivity index (χ3v) is 13.4. The van der Waals surface area contributed by atoms with Crippen LogP contribution in [0.4, 0.5) is 10.6 Å². The van der Waals surface area contributed by atoms with Crippen LogP contribution in [0.2, 0.25) is 0 Å². The monoisotopic (exact) mass is 709 g/mol. The molecule has 4 aliphatic carbocycles. The Morgan fingerprint density at radius 2 is 1.65 bits per heavy atom. The Bertz CT molecular complexity index is 1750. The maximum Gasteiger partial charge on any atom is 0.410 e. The highest BCUT2D eigenvalue weighted by Crippen LogP contribution is 2.58. The van der Waals surface area contributed by atoms with Crippen molar-refractivity contribution in [2.24, 2.45) is 16.7 Å². The van der Waals surface area contributed by atoms with Gasteiger partial charge in [0.25, 0.3) is 0 Å². The average molecular weight is 710 g/mol. The van der Waals surface area contributed by atoms with E-state index in [-0.39, 0.29) is 45.8 Å². The molecule has 2 bridgehead atoms. The smallest absolute Gasteiger partial charge is 0.410 e. The molecule has 0 atom stereocenters. The van der Waals surface area contributed by atoms with Crippen LogP contribution in [0.25, 0.3) is 11.1 Å². The van der Waals surface area contributed by atoms with Crippen molar-refractivity contribution in [3.63, 3.8) is 0 Å². The number of aryl methyl sites for hydroxylation is 1. The average Bonchev–Trinajstić information content (AvgIpc) is 3.66. The summed E-state index contributed by atoms with van der Waals surface area (Å²) >= 11 is 0. The van der Waals surface area contributed by atoms with Crippen LogP contribution >= 0.6 is 0 Å². The Labute approximate surface area is 310 Å². The predicted molar refractivity (Wildman–Crippen MR) is 205 cm³/mol. The van der Waals surface area contributed by atoms with Crippen molar-refractivity contribution in [2.45, 2.75) is 129 Å². The Balaban J connectivity index is 1.10. The van der Waals surface area contributed by atoms with E-state index in [1.54, 1.807) is 12.0 Å². The number of rotatable bonds is 10. The van der Waals surface area contributed by atoms with Crippen LogP contribution in [0.3, 0.4) is 0 Å². The Morgan fingerprint density at radius 3 is 2.27 bits per heavy atom. The second-order valence-corrected chi connectivity index (χ2v) is 18.0. The number of carbonyl (C=O) groups is 2. The number of ether oxygens (including phenoxy) is 2. The first kappa shape index (κ1) is 36.5. The van der Waals surface area contributed by atoms with E-state index in [1.165, 1.54) is 11.1 Å². The summed E-state index contributed by atoms with van der Waals surface area (Å²) in [5.74, 6) is 1.70. The fourth-order valence-corrected chi connectivity index (χ4v) is 9.44. The number of likely N-dealkylation sites (tertiary alicyclic amines) is 1. The SMILES string of the molecule is CCC(C)(C)n1cc(-c2ccnc(N(CC34CCC(c5ccc(OC)c(C)c5)(CC3)CC4)C(=O)C3CCC(OC(=O)N4CC(C)(C)C4)CC3)c2)cn1. The molecule has 0 radical (unpaired) electrons. The van der Waals surface area contributed by atoms with Crippen LogP contribution in [-0.2, 0) is 20.5 Å². The number of hydrogen-bond donors (Lipinski definition) is 0.